The number of aliphatic hydroxyl groups excluding tert-OH is 4. The quantitative estimate of drug-likeness (QED) is 0.0821. The largest absolute Gasteiger partial charge is 2.00 e. The summed E-state index contributed by atoms with van der Waals surface area (Å²) in [6.07, 6.45) is 6.54. The van der Waals surface area contributed by atoms with Crippen LogP contribution in [0, 0.1) is 0 Å². The number of aliphatic carboxylic acids is 2. The zero-order chi connectivity index (χ0) is 31.0. The second-order valence-electron chi connectivity index (χ2n) is 9.77. The molecule has 14 heteroatoms. The van der Waals surface area contributed by atoms with Gasteiger partial charge >= 0.3 is 38.7 Å². The van der Waals surface area contributed by atoms with Crippen molar-refractivity contribution >= 4 is 11.9 Å². The van der Waals surface area contributed by atoms with Gasteiger partial charge in [-0.3, -0.25) is 0 Å². The van der Waals surface area contributed by atoms with E-state index in [2.05, 4.69) is 13.8 Å². The number of hydrogen-bond acceptors (Lipinski definition) is 8. The first-order valence-electron chi connectivity index (χ1n) is 14.3. The van der Waals surface area contributed by atoms with Gasteiger partial charge in [-0.1, -0.05) is 90.9 Å². The van der Waals surface area contributed by atoms with Crippen LogP contribution in [0.3, 0.4) is 0 Å². The first-order valence-corrected chi connectivity index (χ1v) is 14.3. The SMILES string of the molecule is CCCCCCCC[NH-].CCCCCCCC[NH-].O=C(O)C(F)(CCOC1O[C@H](CO)[C@@H](O)[C@H](O)[C@H]1O)C(=O)O.[Pt+2]. The number of carboxylic acids is 2. The summed E-state index contributed by atoms with van der Waals surface area (Å²) in [5.41, 5.74) is 10.2. The molecule has 0 spiro atoms. The fourth-order valence-electron chi connectivity index (χ4n) is 3.64. The number of rotatable bonds is 19. The van der Waals surface area contributed by atoms with Crippen molar-refractivity contribution < 1.29 is 75.2 Å². The topological polar surface area (TPSA) is 222 Å². The van der Waals surface area contributed by atoms with Crippen LogP contribution in [0.15, 0.2) is 0 Å². The third-order valence-electron chi connectivity index (χ3n) is 6.32. The van der Waals surface area contributed by atoms with Crippen LogP contribution in [0.25, 0.3) is 11.5 Å². The second kappa shape index (κ2) is 28.0. The number of carbonyl (C=O) groups is 2. The molecular weight excluding hydrogens is 726 g/mol. The summed E-state index contributed by atoms with van der Waals surface area (Å²) in [5, 5.41) is 54.6. The predicted molar refractivity (Wildman–Crippen MR) is 149 cm³/mol. The van der Waals surface area contributed by atoms with Crippen LogP contribution in [0.4, 0.5) is 4.39 Å². The van der Waals surface area contributed by atoms with E-state index in [1.54, 1.807) is 0 Å². The van der Waals surface area contributed by atoms with E-state index in [1.165, 1.54) is 64.2 Å². The molecule has 1 rings (SSSR count). The van der Waals surface area contributed by atoms with Crippen LogP contribution >= 0.6 is 0 Å². The van der Waals surface area contributed by atoms with Gasteiger partial charge in [0.05, 0.1) is 13.2 Å². The monoisotopic (exact) mass is 779 g/mol. The Morgan fingerprint density at radius 2 is 1.20 bits per heavy atom. The number of ether oxygens (including phenoxy) is 2. The van der Waals surface area contributed by atoms with Gasteiger partial charge in [-0.25, -0.2) is 14.0 Å². The van der Waals surface area contributed by atoms with Gasteiger partial charge in [0.1, 0.15) is 24.4 Å². The molecule has 5 atom stereocenters. The molecule has 1 unspecified atom stereocenters. The van der Waals surface area contributed by atoms with Crippen LogP contribution in [-0.2, 0) is 40.1 Å². The standard InChI is InChI=1S/C11H17FO10.2C8H18N.Pt/c12-11(9(17)18,10(19)20)1-2-21-8-7(16)6(15)5(14)4(3-13)22-8;2*1-2-3-4-5-6-7-8-9;/h4-8,13-16H,1-3H2,(H,17,18)(H,19,20);2*9H,2-8H2,1H3;/q;2*-1;+2/t4-,5-,6+,7-,8?;;;/m1.../s1. The van der Waals surface area contributed by atoms with Crippen molar-refractivity contribution in [3.63, 3.8) is 0 Å². The third kappa shape index (κ3) is 19.9. The average molecular weight is 780 g/mol. The maximum absolute atomic E-state index is 13.7. The Morgan fingerprint density at radius 1 is 0.780 bits per heavy atom. The van der Waals surface area contributed by atoms with E-state index in [0.717, 1.165) is 12.8 Å². The molecule has 12 nitrogen and oxygen atoms in total. The van der Waals surface area contributed by atoms with Crippen molar-refractivity contribution in [2.75, 3.05) is 26.3 Å². The van der Waals surface area contributed by atoms with Gasteiger partial charge in [-0.05, 0) is 0 Å². The number of aliphatic hydroxyl groups is 4. The molecule has 0 aromatic rings. The van der Waals surface area contributed by atoms with Crippen LogP contribution in [0.1, 0.15) is 97.3 Å². The summed E-state index contributed by atoms with van der Waals surface area (Å²) in [6.45, 7) is 4.22. The Kier molecular flexibility index (Phi) is 30.5. The van der Waals surface area contributed by atoms with Crippen molar-refractivity contribution in [3.05, 3.63) is 11.5 Å². The molecule has 1 aliphatic heterocycles. The average Bonchev–Trinajstić information content (AvgIpc) is 2.93. The minimum atomic E-state index is -3.58. The predicted octanol–water partition coefficient (Wildman–Crippen LogP) is 3.87. The zero-order valence-corrected chi connectivity index (χ0v) is 26.7. The summed E-state index contributed by atoms with van der Waals surface area (Å²) < 4.78 is 23.4. The van der Waals surface area contributed by atoms with Gasteiger partial charge in [0.25, 0.3) is 0 Å². The van der Waals surface area contributed by atoms with Gasteiger partial charge < -0.3 is 51.6 Å². The Bertz CT molecular complexity index is 597. The molecule has 1 heterocycles. The van der Waals surface area contributed by atoms with Crippen molar-refractivity contribution in [1.29, 1.82) is 0 Å². The normalized spacial score (nSPS) is 21.9. The van der Waals surface area contributed by atoms with Crippen molar-refractivity contribution in [1.82, 2.24) is 0 Å². The summed E-state index contributed by atoms with van der Waals surface area (Å²) in [4.78, 5) is 21.2. The van der Waals surface area contributed by atoms with Crippen LogP contribution in [0.5, 0.6) is 0 Å². The van der Waals surface area contributed by atoms with Gasteiger partial charge in [0.2, 0.25) is 0 Å². The molecule has 248 valence electrons. The molecule has 0 radical (unpaired) electrons. The first-order chi connectivity index (χ1) is 19.0. The minimum absolute atomic E-state index is 0. The van der Waals surface area contributed by atoms with E-state index in [0.29, 0.717) is 13.1 Å². The summed E-state index contributed by atoms with van der Waals surface area (Å²) in [7, 11) is 0. The molecule has 0 aliphatic carbocycles. The molecule has 0 saturated carbocycles. The minimum Gasteiger partial charge on any atom is -0.677 e. The molecule has 8 N–H and O–H groups in total. The first kappa shape index (κ1) is 44.7. The fraction of sp³-hybridized carbons (Fsp3) is 0.926. The van der Waals surface area contributed by atoms with Crippen LogP contribution in [-0.4, -0.2) is 105 Å². The summed E-state index contributed by atoms with van der Waals surface area (Å²) in [5.74, 6) is -4.42. The molecular formula is C27H53FN2O10Pt. The van der Waals surface area contributed by atoms with E-state index in [1.807, 2.05) is 0 Å². The maximum Gasteiger partial charge on any atom is 2.00 e. The van der Waals surface area contributed by atoms with E-state index in [4.69, 9.17) is 36.3 Å². The molecule has 1 aliphatic rings. The molecule has 1 saturated heterocycles. The number of hydrogen-bond donors (Lipinski definition) is 6. The van der Waals surface area contributed by atoms with Crippen molar-refractivity contribution in [2.24, 2.45) is 0 Å². The molecule has 1 fully saturated rings. The Labute approximate surface area is 258 Å². The van der Waals surface area contributed by atoms with Crippen molar-refractivity contribution in [3.8, 4) is 0 Å². The third-order valence-corrected chi connectivity index (χ3v) is 6.32. The summed E-state index contributed by atoms with van der Waals surface area (Å²) in [6, 6.07) is 0. The van der Waals surface area contributed by atoms with E-state index >= 15 is 0 Å². The van der Waals surface area contributed by atoms with Gasteiger partial charge in [-0.15, -0.1) is 0 Å². The van der Waals surface area contributed by atoms with Gasteiger partial charge in [-0.2, -0.15) is 13.1 Å². The van der Waals surface area contributed by atoms with E-state index in [9.17, 15) is 29.3 Å². The Hall–Kier alpha value is -0.762. The number of halogens is 1. The second-order valence-corrected chi connectivity index (χ2v) is 9.77. The molecule has 0 bridgehead atoms. The molecule has 0 amide bonds. The number of alkyl halides is 1. The molecule has 0 aromatic heterocycles. The van der Waals surface area contributed by atoms with Crippen molar-refractivity contribution in [2.45, 2.75) is 134 Å². The van der Waals surface area contributed by atoms with Crippen LogP contribution < -0.4 is 0 Å². The number of nitrogens with one attached hydrogen (secondary N) is 2. The zero-order valence-electron chi connectivity index (χ0n) is 24.4. The molecule has 41 heavy (non-hydrogen) atoms. The van der Waals surface area contributed by atoms with Gasteiger partial charge in [0.15, 0.2) is 6.29 Å². The fourth-order valence-corrected chi connectivity index (χ4v) is 3.64. The summed E-state index contributed by atoms with van der Waals surface area (Å²) >= 11 is 0. The van der Waals surface area contributed by atoms with E-state index < -0.39 is 67.9 Å². The Morgan fingerprint density at radius 3 is 1.56 bits per heavy atom. The van der Waals surface area contributed by atoms with E-state index in [-0.39, 0.29) is 21.1 Å². The molecule has 0 aromatic carbocycles. The maximum atomic E-state index is 13.7. The number of carboxylic acid groups (broad SMARTS) is 2. The van der Waals surface area contributed by atoms with Gasteiger partial charge in [0, 0.05) is 6.42 Å². The number of unbranched alkanes of at least 4 members (excludes halogenated alkanes) is 10. The smallest absolute Gasteiger partial charge is 0.677 e. The Balaban J connectivity index is -0.000000630. The van der Waals surface area contributed by atoms with Crippen LogP contribution in [0.2, 0.25) is 0 Å².